The molecule has 5 heteroatoms. The molecule has 0 spiro atoms. The highest BCUT2D eigenvalue weighted by Crippen LogP contribution is 2.23. The number of hydrogen-bond donors (Lipinski definition) is 2. The average molecular weight is 237 g/mol. The maximum Gasteiger partial charge on any atom is 0.331 e. The van der Waals surface area contributed by atoms with Gasteiger partial charge in [-0.05, 0) is 36.6 Å². The first-order chi connectivity index (χ1) is 7.99. The number of ether oxygens (including phenoxy) is 1. The third-order valence-corrected chi connectivity index (χ3v) is 2.73. The van der Waals surface area contributed by atoms with Gasteiger partial charge >= 0.3 is 6.03 Å². The Balaban J connectivity index is 2.92. The quantitative estimate of drug-likeness (QED) is 0.473. The van der Waals surface area contributed by atoms with E-state index in [4.69, 9.17) is 10.6 Å². The zero-order valence-electron chi connectivity index (χ0n) is 10.7. The summed E-state index contributed by atoms with van der Waals surface area (Å²) in [6.07, 6.45) is 0. The topological polar surface area (TPSA) is 67.6 Å². The number of nitrogens with zero attached hydrogens (tertiary/aromatic N) is 1. The van der Waals surface area contributed by atoms with E-state index >= 15 is 0 Å². The Morgan fingerprint density at radius 3 is 2.59 bits per heavy atom. The van der Waals surface area contributed by atoms with Crippen molar-refractivity contribution < 1.29 is 9.53 Å². The first-order valence-electron chi connectivity index (χ1n) is 5.35. The van der Waals surface area contributed by atoms with Gasteiger partial charge < -0.3 is 9.64 Å². The van der Waals surface area contributed by atoms with Crippen LogP contribution in [0.15, 0.2) is 12.1 Å². The average Bonchev–Trinajstić information content (AvgIpc) is 2.32. The van der Waals surface area contributed by atoms with Crippen molar-refractivity contribution in [1.29, 1.82) is 0 Å². The van der Waals surface area contributed by atoms with E-state index in [2.05, 4.69) is 5.43 Å². The minimum absolute atomic E-state index is 0.308. The van der Waals surface area contributed by atoms with E-state index in [1.54, 1.807) is 14.2 Å². The van der Waals surface area contributed by atoms with Gasteiger partial charge in [0.15, 0.2) is 0 Å². The van der Waals surface area contributed by atoms with Crippen LogP contribution in [0.3, 0.4) is 0 Å². The highest BCUT2D eigenvalue weighted by atomic mass is 16.5. The molecule has 94 valence electrons. The maximum absolute atomic E-state index is 11.3. The minimum atomic E-state index is -0.308. The van der Waals surface area contributed by atoms with E-state index in [0.717, 1.165) is 22.4 Å². The second-order valence-electron chi connectivity index (χ2n) is 4.05. The van der Waals surface area contributed by atoms with Crippen LogP contribution >= 0.6 is 0 Å². The summed E-state index contributed by atoms with van der Waals surface area (Å²) in [5.41, 5.74) is 5.32. The monoisotopic (exact) mass is 237 g/mol. The van der Waals surface area contributed by atoms with Gasteiger partial charge in [-0.1, -0.05) is 6.07 Å². The number of rotatable bonds is 3. The summed E-state index contributed by atoms with van der Waals surface area (Å²) in [6.45, 7) is 4.48. The van der Waals surface area contributed by atoms with Crippen LogP contribution in [0.5, 0.6) is 5.75 Å². The van der Waals surface area contributed by atoms with E-state index in [-0.39, 0.29) is 6.03 Å². The van der Waals surface area contributed by atoms with E-state index in [1.165, 1.54) is 4.90 Å². The second kappa shape index (κ2) is 5.54. The summed E-state index contributed by atoms with van der Waals surface area (Å²) in [5, 5.41) is 0. The molecule has 1 aromatic rings. The molecule has 0 saturated carbocycles. The van der Waals surface area contributed by atoms with Crippen LogP contribution in [0, 0.1) is 13.8 Å². The van der Waals surface area contributed by atoms with Crippen LogP contribution in [-0.2, 0) is 6.54 Å². The van der Waals surface area contributed by atoms with Crippen LogP contribution in [0.4, 0.5) is 4.79 Å². The van der Waals surface area contributed by atoms with Crippen molar-refractivity contribution >= 4 is 6.03 Å². The Morgan fingerprint density at radius 2 is 2.06 bits per heavy atom. The molecule has 1 rings (SSSR count). The molecule has 1 aromatic carbocycles. The minimum Gasteiger partial charge on any atom is -0.496 e. The molecule has 0 unspecified atom stereocenters. The van der Waals surface area contributed by atoms with Gasteiger partial charge in [0.2, 0.25) is 0 Å². The molecule has 2 amide bonds. The lowest BCUT2D eigenvalue weighted by Gasteiger charge is -2.18. The Kier molecular flexibility index (Phi) is 4.34. The van der Waals surface area contributed by atoms with Crippen molar-refractivity contribution in [2.24, 2.45) is 5.84 Å². The Hall–Kier alpha value is -1.75. The molecule has 0 aliphatic heterocycles. The zero-order chi connectivity index (χ0) is 13.0. The van der Waals surface area contributed by atoms with Gasteiger partial charge in [-0.3, -0.25) is 5.43 Å². The molecule has 0 aliphatic carbocycles. The number of urea groups is 1. The summed E-state index contributed by atoms with van der Waals surface area (Å²) in [7, 11) is 3.34. The fourth-order valence-electron chi connectivity index (χ4n) is 1.68. The Labute approximate surface area is 102 Å². The molecule has 0 fully saturated rings. The van der Waals surface area contributed by atoms with Crippen molar-refractivity contribution in [2.45, 2.75) is 20.4 Å². The van der Waals surface area contributed by atoms with E-state index in [0.29, 0.717) is 6.54 Å². The molecular formula is C12H19N3O2. The van der Waals surface area contributed by atoms with Gasteiger partial charge in [0.1, 0.15) is 5.75 Å². The lowest BCUT2D eigenvalue weighted by Crippen LogP contribution is -2.40. The van der Waals surface area contributed by atoms with Crippen molar-refractivity contribution in [3.8, 4) is 5.75 Å². The van der Waals surface area contributed by atoms with Crippen LogP contribution in [-0.4, -0.2) is 25.1 Å². The number of methoxy groups -OCH3 is 1. The number of amides is 2. The standard InChI is InChI=1S/C12H19N3O2/c1-8-6-11(17-4)9(2)5-10(8)7-15(3)12(16)14-13/h5-6H,7,13H2,1-4H3,(H,14,16). The number of hydrogen-bond acceptors (Lipinski definition) is 3. The lowest BCUT2D eigenvalue weighted by molar-refractivity contribution is 0.207. The largest absolute Gasteiger partial charge is 0.496 e. The molecule has 0 saturated heterocycles. The first-order valence-corrected chi connectivity index (χ1v) is 5.35. The number of aryl methyl sites for hydroxylation is 2. The molecule has 0 heterocycles. The Bertz CT molecular complexity index is 418. The number of nitrogens with two attached hydrogens (primary N) is 1. The number of carbonyl (C=O) groups excluding carboxylic acids is 1. The predicted octanol–water partition coefficient (Wildman–Crippen LogP) is 1.33. The van der Waals surface area contributed by atoms with E-state index in [1.807, 2.05) is 26.0 Å². The van der Waals surface area contributed by atoms with Crippen LogP contribution < -0.4 is 16.0 Å². The van der Waals surface area contributed by atoms with Crippen molar-refractivity contribution in [2.75, 3.05) is 14.2 Å². The molecule has 0 aromatic heterocycles. The number of benzene rings is 1. The molecule has 17 heavy (non-hydrogen) atoms. The van der Waals surface area contributed by atoms with Gasteiger partial charge in [0.25, 0.3) is 0 Å². The van der Waals surface area contributed by atoms with E-state index in [9.17, 15) is 4.79 Å². The van der Waals surface area contributed by atoms with Gasteiger partial charge in [-0.25, -0.2) is 10.6 Å². The highest BCUT2D eigenvalue weighted by molar-refractivity contribution is 5.73. The summed E-state index contributed by atoms with van der Waals surface area (Å²) >= 11 is 0. The maximum atomic E-state index is 11.3. The number of nitrogens with one attached hydrogen (secondary N) is 1. The molecule has 0 radical (unpaired) electrons. The van der Waals surface area contributed by atoms with Crippen molar-refractivity contribution in [1.82, 2.24) is 10.3 Å². The second-order valence-corrected chi connectivity index (χ2v) is 4.05. The van der Waals surface area contributed by atoms with Gasteiger partial charge in [-0.15, -0.1) is 0 Å². The molecule has 0 atom stereocenters. The SMILES string of the molecule is COc1cc(C)c(CN(C)C(=O)NN)cc1C. The molecule has 0 aliphatic rings. The fourth-order valence-corrected chi connectivity index (χ4v) is 1.68. The summed E-state index contributed by atoms with van der Waals surface area (Å²) in [5.74, 6) is 5.94. The van der Waals surface area contributed by atoms with Gasteiger partial charge in [0.05, 0.1) is 7.11 Å². The van der Waals surface area contributed by atoms with Gasteiger partial charge in [-0.2, -0.15) is 0 Å². The first kappa shape index (κ1) is 13.3. The molecular weight excluding hydrogens is 218 g/mol. The molecule has 3 N–H and O–H groups in total. The third-order valence-electron chi connectivity index (χ3n) is 2.73. The Morgan fingerprint density at radius 1 is 1.41 bits per heavy atom. The van der Waals surface area contributed by atoms with Crippen LogP contribution in [0.25, 0.3) is 0 Å². The van der Waals surface area contributed by atoms with Crippen LogP contribution in [0.2, 0.25) is 0 Å². The number of carbonyl (C=O) groups is 1. The predicted molar refractivity (Wildman–Crippen MR) is 66.7 cm³/mol. The smallest absolute Gasteiger partial charge is 0.331 e. The summed E-state index contributed by atoms with van der Waals surface area (Å²) in [4.78, 5) is 12.8. The van der Waals surface area contributed by atoms with Gasteiger partial charge in [0, 0.05) is 13.6 Å². The third kappa shape index (κ3) is 3.10. The molecule has 0 bridgehead atoms. The number of hydrazine groups is 1. The van der Waals surface area contributed by atoms with Crippen molar-refractivity contribution in [3.63, 3.8) is 0 Å². The highest BCUT2D eigenvalue weighted by Gasteiger charge is 2.10. The zero-order valence-corrected chi connectivity index (χ0v) is 10.7. The normalized spacial score (nSPS) is 9.94. The summed E-state index contributed by atoms with van der Waals surface area (Å²) in [6, 6.07) is 3.69. The van der Waals surface area contributed by atoms with Crippen molar-refractivity contribution in [3.05, 3.63) is 28.8 Å². The summed E-state index contributed by atoms with van der Waals surface area (Å²) < 4.78 is 5.24. The van der Waals surface area contributed by atoms with E-state index < -0.39 is 0 Å². The fraction of sp³-hybridized carbons (Fsp3) is 0.417. The van der Waals surface area contributed by atoms with Crippen LogP contribution in [0.1, 0.15) is 16.7 Å². The lowest BCUT2D eigenvalue weighted by atomic mass is 10.0. The molecule has 5 nitrogen and oxygen atoms in total.